The van der Waals surface area contributed by atoms with Crippen molar-refractivity contribution in [3.63, 3.8) is 0 Å². The number of hydrogen-bond acceptors (Lipinski definition) is 3. The Hall–Kier alpha value is -2.40. The van der Waals surface area contributed by atoms with Crippen molar-refractivity contribution >= 4 is 28.3 Å². The van der Waals surface area contributed by atoms with Crippen molar-refractivity contribution in [3.05, 3.63) is 82.9 Å². The van der Waals surface area contributed by atoms with E-state index in [0.717, 1.165) is 42.4 Å². The average molecular weight is 423 g/mol. The molecule has 1 aliphatic heterocycles. The molecule has 0 radical (unpaired) electrons. The molecular weight excluding hydrogens is 396 g/mol. The first-order valence-corrected chi connectivity index (χ1v) is 10.9. The first-order chi connectivity index (χ1) is 14.5. The minimum atomic E-state index is -0.772. The van der Waals surface area contributed by atoms with Gasteiger partial charge in [-0.25, -0.2) is 0 Å². The van der Waals surface area contributed by atoms with E-state index < -0.39 is 5.60 Å². The van der Waals surface area contributed by atoms with Gasteiger partial charge in [0.2, 0.25) is 0 Å². The molecular formula is C25H27ClN2O2. The Bertz CT molecular complexity index is 1010. The third-order valence-electron chi connectivity index (χ3n) is 6.01. The molecule has 3 aromatic carbocycles. The fourth-order valence-electron chi connectivity index (χ4n) is 4.13. The lowest BCUT2D eigenvalue weighted by Crippen LogP contribution is -2.43. The normalized spacial score (nSPS) is 16.5. The maximum Gasteiger partial charge on any atom is 0.251 e. The van der Waals surface area contributed by atoms with E-state index >= 15 is 0 Å². The van der Waals surface area contributed by atoms with E-state index in [1.807, 2.05) is 66.7 Å². The molecule has 0 unspecified atom stereocenters. The van der Waals surface area contributed by atoms with Crippen molar-refractivity contribution in [3.8, 4) is 0 Å². The van der Waals surface area contributed by atoms with E-state index in [-0.39, 0.29) is 5.91 Å². The zero-order chi connectivity index (χ0) is 21.0. The van der Waals surface area contributed by atoms with Crippen LogP contribution in [-0.4, -0.2) is 42.1 Å². The highest BCUT2D eigenvalue weighted by Crippen LogP contribution is 2.33. The number of hydrogen-bond donors (Lipinski definition) is 2. The fourth-order valence-corrected chi connectivity index (χ4v) is 4.26. The van der Waals surface area contributed by atoms with Gasteiger partial charge in [0.15, 0.2) is 0 Å². The molecule has 3 aromatic rings. The standard InChI is InChI=1S/C25H27ClN2O2/c26-23-10-8-22(9-11-23)25(30)12-16-28(17-13-25)15-3-14-27-24(29)21-7-6-19-4-1-2-5-20(19)18-21/h1-2,4-11,18,30H,3,12-17H2,(H,27,29). The van der Waals surface area contributed by atoms with E-state index in [0.29, 0.717) is 30.0 Å². The van der Waals surface area contributed by atoms with Crippen molar-refractivity contribution in [2.24, 2.45) is 0 Å². The van der Waals surface area contributed by atoms with E-state index in [9.17, 15) is 9.90 Å². The summed E-state index contributed by atoms with van der Waals surface area (Å²) in [6.45, 7) is 3.24. The summed E-state index contributed by atoms with van der Waals surface area (Å²) in [6.07, 6.45) is 2.30. The van der Waals surface area contributed by atoms with Crippen molar-refractivity contribution in [1.29, 1.82) is 0 Å². The van der Waals surface area contributed by atoms with Gasteiger partial charge in [-0.1, -0.05) is 54.1 Å². The van der Waals surface area contributed by atoms with Gasteiger partial charge in [-0.15, -0.1) is 0 Å². The number of piperidine rings is 1. The summed E-state index contributed by atoms with van der Waals surface area (Å²) in [5.41, 5.74) is 0.861. The summed E-state index contributed by atoms with van der Waals surface area (Å²) < 4.78 is 0. The maximum absolute atomic E-state index is 12.4. The van der Waals surface area contributed by atoms with Gasteiger partial charge in [0.05, 0.1) is 5.60 Å². The highest BCUT2D eigenvalue weighted by atomic mass is 35.5. The highest BCUT2D eigenvalue weighted by molar-refractivity contribution is 6.30. The van der Waals surface area contributed by atoms with Crippen LogP contribution < -0.4 is 5.32 Å². The number of rotatable bonds is 6. The quantitative estimate of drug-likeness (QED) is 0.571. The second kappa shape index (κ2) is 9.17. The van der Waals surface area contributed by atoms with Crippen molar-refractivity contribution in [2.75, 3.05) is 26.2 Å². The first-order valence-electron chi connectivity index (χ1n) is 10.5. The summed E-state index contributed by atoms with van der Waals surface area (Å²) in [5, 5.41) is 16.9. The molecule has 1 heterocycles. The van der Waals surface area contributed by atoms with E-state index in [1.54, 1.807) is 0 Å². The van der Waals surface area contributed by atoms with Crippen LogP contribution in [0, 0.1) is 0 Å². The fraction of sp³-hybridized carbons (Fsp3) is 0.320. The number of carbonyl (C=O) groups is 1. The molecule has 0 aromatic heterocycles. The molecule has 0 spiro atoms. The van der Waals surface area contributed by atoms with Crippen LogP contribution >= 0.6 is 11.6 Å². The Labute approximate surface area is 182 Å². The van der Waals surface area contributed by atoms with Gasteiger partial charge < -0.3 is 15.3 Å². The molecule has 0 aliphatic carbocycles. The number of carbonyl (C=O) groups excluding carboxylic acids is 1. The first kappa shape index (κ1) is 20.9. The molecule has 156 valence electrons. The smallest absolute Gasteiger partial charge is 0.251 e. The van der Waals surface area contributed by atoms with Gasteiger partial charge in [0.25, 0.3) is 5.91 Å². The molecule has 1 amide bonds. The molecule has 2 N–H and O–H groups in total. The van der Waals surface area contributed by atoms with Crippen LogP contribution in [0.5, 0.6) is 0 Å². The number of aliphatic hydroxyl groups is 1. The number of amides is 1. The van der Waals surface area contributed by atoms with Gasteiger partial charge in [-0.05, 0) is 66.4 Å². The van der Waals surface area contributed by atoms with Crippen LogP contribution in [0.15, 0.2) is 66.7 Å². The lowest BCUT2D eigenvalue weighted by molar-refractivity contribution is -0.0259. The van der Waals surface area contributed by atoms with Crippen LogP contribution in [0.2, 0.25) is 5.02 Å². The predicted molar refractivity (Wildman–Crippen MR) is 122 cm³/mol. The zero-order valence-corrected chi connectivity index (χ0v) is 17.7. The number of nitrogens with zero attached hydrogens (tertiary/aromatic N) is 1. The van der Waals surface area contributed by atoms with Gasteiger partial charge in [-0.2, -0.15) is 0 Å². The highest BCUT2D eigenvalue weighted by Gasteiger charge is 2.33. The van der Waals surface area contributed by atoms with Crippen LogP contribution in [0.3, 0.4) is 0 Å². The summed E-state index contributed by atoms with van der Waals surface area (Å²) in [5.74, 6) is -0.0310. The summed E-state index contributed by atoms with van der Waals surface area (Å²) in [4.78, 5) is 14.8. The second-order valence-corrected chi connectivity index (χ2v) is 8.49. The van der Waals surface area contributed by atoms with Gasteiger partial charge in [0, 0.05) is 30.2 Å². The van der Waals surface area contributed by atoms with Gasteiger partial charge in [-0.3, -0.25) is 4.79 Å². The third kappa shape index (κ3) is 4.84. The maximum atomic E-state index is 12.4. The van der Waals surface area contributed by atoms with Gasteiger partial charge in [0.1, 0.15) is 0 Å². The van der Waals surface area contributed by atoms with Crippen LogP contribution in [-0.2, 0) is 5.60 Å². The Morgan fingerprint density at radius 1 is 1.00 bits per heavy atom. The molecule has 1 aliphatic rings. The number of nitrogens with one attached hydrogen (secondary N) is 1. The van der Waals surface area contributed by atoms with Crippen molar-refractivity contribution in [1.82, 2.24) is 10.2 Å². The predicted octanol–water partition coefficient (Wildman–Crippen LogP) is 4.60. The molecule has 30 heavy (non-hydrogen) atoms. The second-order valence-electron chi connectivity index (χ2n) is 8.05. The third-order valence-corrected chi connectivity index (χ3v) is 6.27. The van der Waals surface area contributed by atoms with Gasteiger partial charge >= 0.3 is 0 Å². The van der Waals surface area contributed by atoms with Crippen molar-refractivity contribution in [2.45, 2.75) is 24.9 Å². The van der Waals surface area contributed by atoms with E-state index in [4.69, 9.17) is 11.6 Å². The lowest BCUT2D eigenvalue weighted by Gasteiger charge is -2.38. The molecule has 0 saturated carbocycles. The number of halogens is 1. The average Bonchev–Trinajstić information content (AvgIpc) is 2.78. The number of benzene rings is 3. The lowest BCUT2D eigenvalue weighted by atomic mass is 9.84. The molecule has 4 rings (SSSR count). The Kier molecular flexibility index (Phi) is 6.38. The summed E-state index contributed by atoms with van der Waals surface area (Å²) >= 11 is 5.96. The molecule has 4 nitrogen and oxygen atoms in total. The Morgan fingerprint density at radius 3 is 2.43 bits per heavy atom. The Balaban J connectivity index is 1.21. The largest absolute Gasteiger partial charge is 0.385 e. The Morgan fingerprint density at radius 2 is 1.70 bits per heavy atom. The zero-order valence-electron chi connectivity index (χ0n) is 17.0. The summed E-state index contributed by atoms with van der Waals surface area (Å²) in [6, 6.07) is 21.3. The number of likely N-dealkylation sites (tertiary alicyclic amines) is 1. The van der Waals surface area contributed by atoms with E-state index in [1.165, 1.54) is 0 Å². The minimum absolute atomic E-state index is 0.0310. The SMILES string of the molecule is O=C(NCCCN1CCC(O)(c2ccc(Cl)cc2)CC1)c1ccc2ccccc2c1. The molecule has 1 fully saturated rings. The monoisotopic (exact) mass is 422 g/mol. The van der Waals surface area contributed by atoms with Crippen LogP contribution in [0.25, 0.3) is 10.8 Å². The molecule has 0 atom stereocenters. The van der Waals surface area contributed by atoms with Crippen LogP contribution in [0.1, 0.15) is 35.2 Å². The topological polar surface area (TPSA) is 52.6 Å². The van der Waals surface area contributed by atoms with Crippen molar-refractivity contribution < 1.29 is 9.90 Å². The number of fused-ring (bicyclic) bond motifs is 1. The van der Waals surface area contributed by atoms with Crippen LogP contribution in [0.4, 0.5) is 0 Å². The summed E-state index contributed by atoms with van der Waals surface area (Å²) in [7, 11) is 0. The molecule has 0 bridgehead atoms. The minimum Gasteiger partial charge on any atom is -0.385 e. The molecule has 5 heteroatoms. The van der Waals surface area contributed by atoms with E-state index in [2.05, 4.69) is 10.2 Å². The molecule has 1 saturated heterocycles.